The van der Waals surface area contributed by atoms with Crippen molar-refractivity contribution in [1.82, 2.24) is 0 Å². The van der Waals surface area contributed by atoms with E-state index in [-0.39, 0.29) is 12.4 Å². The summed E-state index contributed by atoms with van der Waals surface area (Å²) in [6, 6.07) is 10.0. The molecular weight excluding hydrogens is 226 g/mol. The molecule has 0 heterocycles. The number of esters is 1. The molecule has 0 aliphatic rings. The molecule has 0 spiro atoms. The van der Waals surface area contributed by atoms with E-state index in [1.807, 2.05) is 31.2 Å². The van der Waals surface area contributed by atoms with Gasteiger partial charge in [0, 0.05) is 5.57 Å². The summed E-state index contributed by atoms with van der Waals surface area (Å²) in [5.74, 6) is -0.262. The van der Waals surface area contributed by atoms with Gasteiger partial charge in [0.1, 0.15) is 0 Å². The lowest BCUT2D eigenvalue weighted by atomic mass is 10.1. The fourth-order valence-electron chi connectivity index (χ4n) is 1.49. The molecule has 0 unspecified atom stereocenters. The van der Waals surface area contributed by atoms with E-state index in [0.29, 0.717) is 18.6 Å². The van der Waals surface area contributed by atoms with Gasteiger partial charge in [-0.2, -0.15) is 5.26 Å². The van der Waals surface area contributed by atoms with Crippen molar-refractivity contribution in [1.29, 1.82) is 5.26 Å². The highest BCUT2D eigenvalue weighted by molar-refractivity contribution is 5.70. The second-order valence-corrected chi connectivity index (χ2v) is 4.00. The smallest absolute Gasteiger partial charge is 0.306 e. The van der Waals surface area contributed by atoms with Crippen molar-refractivity contribution in [2.45, 2.75) is 26.7 Å². The topological polar surface area (TPSA) is 50.1 Å². The Morgan fingerprint density at radius 2 is 2.00 bits per heavy atom. The first-order valence-corrected chi connectivity index (χ1v) is 5.98. The molecule has 0 saturated carbocycles. The Kier molecular flexibility index (Phi) is 5.66. The monoisotopic (exact) mass is 243 g/mol. The van der Waals surface area contributed by atoms with Gasteiger partial charge in [0.15, 0.2) is 0 Å². The normalized spacial score (nSPS) is 10.8. The molecule has 0 aromatic heterocycles. The molecule has 1 aromatic rings. The van der Waals surface area contributed by atoms with Crippen molar-refractivity contribution in [3.8, 4) is 6.07 Å². The quantitative estimate of drug-likeness (QED) is 0.589. The fourth-order valence-corrected chi connectivity index (χ4v) is 1.49. The number of nitriles is 1. The first-order valence-electron chi connectivity index (χ1n) is 5.98. The van der Waals surface area contributed by atoms with Gasteiger partial charge in [0.2, 0.25) is 0 Å². The van der Waals surface area contributed by atoms with E-state index in [1.54, 1.807) is 13.0 Å². The summed E-state index contributed by atoms with van der Waals surface area (Å²) in [5.41, 5.74) is 2.74. The third-order valence-corrected chi connectivity index (χ3v) is 2.47. The van der Waals surface area contributed by atoms with Crippen molar-refractivity contribution in [2.75, 3.05) is 6.61 Å². The van der Waals surface area contributed by atoms with Gasteiger partial charge in [0.25, 0.3) is 0 Å². The molecule has 3 nitrogen and oxygen atoms in total. The lowest BCUT2D eigenvalue weighted by molar-refractivity contribution is -0.143. The van der Waals surface area contributed by atoms with Crippen LogP contribution < -0.4 is 0 Å². The maximum atomic E-state index is 11.2. The number of hydrogen-bond acceptors (Lipinski definition) is 3. The van der Waals surface area contributed by atoms with Crippen LogP contribution in [0.2, 0.25) is 0 Å². The fraction of sp³-hybridized carbons (Fsp3) is 0.333. The van der Waals surface area contributed by atoms with Crippen molar-refractivity contribution >= 4 is 12.0 Å². The van der Waals surface area contributed by atoms with Crippen molar-refractivity contribution in [3.63, 3.8) is 0 Å². The summed E-state index contributed by atoms with van der Waals surface area (Å²) < 4.78 is 4.83. The lowest BCUT2D eigenvalue weighted by Gasteiger charge is -2.01. The van der Waals surface area contributed by atoms with Crippen LogP contribution in [0.1, 0.15) is 30.9 Å². The maximum absolute atomic E-state index is 11.2. The van der Waals surface area contributed by atoms with Crippen molar-refractivity contribution in [3.05, 3.63) is 41.0 Å². The summed E-state index contributed by atoms with van der Waals surface area (Å²) in [5, 5.41) is 9.01. The summed E-state index contributed by atoms with van der Waals surface area (Å²) in [7, 11) is 0. The minimum absolute atomic E-state index is 0.249. The molecule has 0 atom stereocenters. The number of aryl methyl sites for hydroxylation is 1. The predicted molar refractivity (Wildman–Crippen MR) is 70.6 cm³/mol. The number of nitrogens with zero attached hydrogens (tertiary/aromatic N) is 1. The Balaban J connectivity index is 2.63. The Morgan fingerprint density at radius 1 is 1.33 bits per heavy atom. The van der Waals surface area contributed by atoms with Gasteiger partial charge < -0.3 is 4.74 Å². The number of carbonyl (C=O) groups excluding carboxylic acids is 1. The van der Waals surface area contributed by atoms with E-state index in [2.05, 4.69) is 6.07 Å². The number of rotatable bonds is 5. The molecule has 1 aromatic carbocycles. The van der Waals surface area contributed by atoms with Gasteiger partial charge in [-0.15, -0.1) is 0 Å². The highest BCUT2D eigenvalue weighted by atomic mass is 16.5. The van der Waals surface area contributed by atoms with Crippen LogP contribution in [0.5, 0.6) is 0 Å². The zero-order valence-electron chi connectivity index (χ0n) is 10.8. The molecule has 0 amide bonds. The minimum atomic E-state index is -0.262. The van der Waals surface area contributed by atoms with Crippen LogP contribution in [0.3, 0.4) is 0 Å². The number of allylic oxidation sites excluding steroid dienone is 1. The molecule has 0 saturated heterocycles. The second kappa shape index (κ2) is 7.29. The number of ether oxygens (including phenoxy) is 1. The Hall–Kier alpha value is -2.08. The largest absolute Gasteiger partial charge is 0.466 e. The van der Waals surface area contributed by atoms with Gasteiger partial charge in [-0.1, -0.05) is 29.8 Å². The molecule has 18 heavy (non-hydrogen) atoms. The van der Waals surface area contributed by atoms with E-state index in [1.165, 1.54) is 5.56 Å². The molecule has 0 aliphatic heterocycles. The Bertz CT molecular complexity index is 466. The molecule has 94 valence electrons. The van der Waals surface area contributed by atoms with Crippen LogP contribution in [0, 0.1) is 18.3 Å². The third-order valence-electron chi connectivity index (χ3n) is 2.47. The zero-order valence-corrected chi connectivity index (χ0v) is 10.8. The van der Waals surface area contributed by atoms with Crippen LogP contribution in [-0.4, -0.2) is 12.6 Å². The van der Waals surface area contributed by atoms with Gasteiger partial charge in [0.05, 0.1) is 19.1 Å². The molecule has 3 heteroatoms. The summed E-state index contributed by atoms with van der Waals surface area (Å²) in [6.45, 7) is 4.16. The van der Waals surface area contributed by atoms with Crippen LogP contribution in [0.25, 0.3) is 6.08 Å². The van der Waals surface area contributed by atoms with E-state index < -0.39 is 0 Å². The number of carbonyl (C=O) groups is 1. The molecule has 0 radical (unpaired) electrons. The second-order valence-electron chi connectivity index (χ2n) is 4.00. The zero-order chi connectivity index (χ0) is 13.4. The first-order chi connectivity index (χ1) is 8.65. The standard InChI is InChI=1S/C15H17NO2/c1-3-18-15(17)9-8-14(11-16)10-13-6-4-12(2)5-7-13/h4-7,10H,3,8-9H2,1-2H3/b14-10-. The number of benzene rings is 1. The van der Waals surface area contributed by atoms with Crippen LogP contribution in [-0.2, 0) is 9.53 Å². The van der Waals surface area contributed by atoms with Gasteiger partial charge in [-0.05, 0) is 31.9 Å². The summed E-state index contributed by atoms with van der Waals surface area (Å²) in [6.07, 6.45) is 2.47. The molecule has 0 N–H and O–H groups in total. The highest BCUT2D eigenvalue weighted by Gasteiger charge is 2.04. The predicted octanol–water partition coefficient (Wildman–Crippen LogP) is 3.25. The van der Waals surface area contributed by atoms with Crippen molar-refractivity contribution in [2.24, 2.45) is 0 Å². The maximum Gasteiger partial charge on any atom is 0.306 e. The van der Waals surface area contributed by atoms with E-state index in [9.17, 15) is 4.79 Å². The summed E-state index contributed by atoms with van der Waals surface area (Å²) in [4.78, 5) is 11.2. The molecule has 0 bridgehead atoms. The number of hydrogen-bond donors (Lipinski definition) is 0. The Labute approximate surface area is 108 Å². The van der Waals surface area contributed by atoms with E-state index in [4.69, 9.17) is 10.00 Å². The van der Waals surface area contributed by atoms with Crippen molar-refractivity contribution < 1.29 is 9.53 Å². The minimum Gasteiger partial charge on any atom is -0.466 e. The average molecular weight is 243 g/mol. The molecule has 1 rings (SSSR count). The SMILES string of the molecule is CCOC(=O)CC/C(C#N)=C/c1ccc(C)cc1. The van der Waals surface area contributed by atoms with Crippen LogP contribution in [0.4, 0.5) is 0 Å². The lowest BCUT2D eigenvalue weighted by Crippen LogP contribution is -2.03. The van der Waals surface area contributed by atoms with E-state index in [0.717, 1.165) is 5.56 Å². The van der Waals surface area contributed by atoms with Crippen LogP contribution in [0.15, 0.2) is 29.8 Å². The molecule has 0 aliphatic carbocycles. The molecule has 0 fully saturated rings. The third kappa shape index (κ3) is 4.84. The van der Waals surface area contributed by atoms with Gasteiger partial charge in [-0.25, -0.2) is 0 Å². The first kappa shape index (κ1) is 14.0. The average Bonchev–Trinajstić information content (AvgIpc) is 2.37. The Morgan fingerprint density at radius 3 is 2.56 bits per heavy atom. The molecular formula is C15H17NO2. The van der Waals surface area contributed by atoms with Gasteiger partial charge in [-0.3, -0.25) is 4.79 Å². The van der Waals surface area contributed by atoms with E-state index >= 15 is 0 Å². The summed E-state index contributed by atoms with van der Waals surface area (Å²) >= 11 is 0. The van der Waals surface area contributed by atoms with Crippen LogP contribution >= 0.6 is 0 Å². The van der Waals surface area contributed by atoms with Gasteiger partial charge >= 0.3 is 5.97 Å². The highest BCUT2D eigenvalue weighted by Crippen LogP contribution is 2.12.